The van der Waals surface area contributed by atoms with Gasteiger partial charge in [0, 0.05) is 16.9 Å². The first-order valence-corrected chi connectivity index (χ1v) is 2.74. The molecule has 0 fully saturated rings. The van der Waals surface area contributed by atoms with Crippen molar-refractivity contribution in [2.45, 2.75) is 0 Å². The molecule has 0 aliphatic rings. The van der Waals surface area contributed by atoms with Crippen LogP contribution in [0.3, 0.4) is 0 Å². The van der Waals surface area contributed by atoms with Crippen LogP contribution in [0.5, 0.6) is 0 Å². The van der Waals surface area contributed by atoms with Crippen molar-refractivity contribution >= 4 is 39.0 Å². The van der Waals surface area contributed by atoms with Crippen molar-refractivity contribution in [1.29, 1.82) is 0 Å². The van der Waals surface area contributed by atoms with Crippen LogP contribution >= 0.6 is 15.9 Å². The number of rotatable bonds is 0. The van der Waals surface area contributed by atoms with Gasteiger partial charge in [0.25, 0.3) is 0 Å². The molecule has 0 atom stereocenters. The van der Waals surface area contributed by atoms with Crippen molar-refractivity contribution in [3.8, 4) is 0 Å². The average molecular weight is 184 g/mol. The van der Waals surface area contributed by atoms with E-state index in [1.165, 1.54) is 0 Å². The van der Waals surface area contributed by atoms with E-state index >= 15 is 0 Å². The smallest absolute Gasteiger partial charge is 0.264 e. The highest BCUT2D eigenvalue weighted by Gasteiger charge is 1.75. The van der Waals surface area contributed by atoms with Crippen molar-refractivity contribution in [2.24, 2.45) is 0 Å². The Bertz CT molecular complexity index is 142. The molecule has 8 heavy (non-hydrogen) atoms. The van der Waals surface area contributed by atoms with Crippen molar-refractivity contribution in [3.63, 3.8) is 0 Å². The average Bonchev–Trinajstić information content (AvgIpc) is 1.69. The Kier molecular flexibility index (Phi) is 4.50. The molecule has 0 radical (unpaired) electrons. The summed E-state index contributed by atoms with van der Waals surface area (Å²) in [5, 5.41) is 0. The molecule has 1 aromatic heterocycles. The normalized spacial score (nSPS) is 7.62. The van der Waals surface area contributed by atoms with Crippen molar-refractivity contribution < 1.29 is 0 Å². The van der Waals surface area contributed by atoms with Gasteiger partial charge in [0.05, 0.1) is 0 Å². The number of hydrogen-bond acceptors (Lipinski definition) is 1. The molecule has 0 saturated carbocycles. The van der Waals surface area contributed by atoms with Gasteiger partial charge in [0.15, 0.2) is 0 Å². The van der Waals surface area contributed by atoms with E-state index in [1.54, 1.807) is 12.4 Å². The van der Waals surface area contributed by atoms with Crippen molar-refractivity contribution in [2.75, 3.05) is 0 Å². The van der Waals surface area contributed by atoms with Crippen LogP contribution in [0.25, 0.3) is 0 Å². The van der Waals surface area contributed by atoms with E-state index in [0.29, 0.717) is 0 Å². The second-order valence-corrected chi connectivity index (χ2v) is 2.09. The zero-order chi connectivity index (χ0) is 5.11. The molecule has 0 saturated heterocycles. The minimum atomic E-state index is 0. The number of halogens is 1. The summed E-state index contributed by atoms with van der Waals surface area (Å²) < 4.78 is 1.02. The van der Waals surface area contributed by atoms with E-state index in [0.717, 1.165) is 4.47 Å². The Balaban J connectivity index is 0.000000490. The number of pyridine rings is 1. The van der Waals surface area contributed by atoms with Gasteiger partial charge in [-0.15, -0.1) is 0 Å². The largest absolute Gasteiger partial charge is 0.316 e. The molecule has 0 aliphatic carbocycles. The third-order valence-corrected chi connectivity index (χ3v) is 1.09. The highest BCUT2D eigenvalue weighted by atomic mass is 79.9. The second-order valence-electron chi connectivity index (χ2n) is 1.17. The summed E-state index contributed by atoms with van der Waals surface area (Å²) in [5.41, 5.74) is 0. The van der Waals surface area contributed by atoms with E-state index in [-0.39, 0.29) is 23.1 Å². The van der Waals surface area contributed by atoms with Gasteiger partial charge in [-0.2, -0.15) is 0 Å². The number of hydrogen-bond donors (Lipinski definition) is 0. The molecule has 3 heteroatoms. The van der Waals surface area contributed by atoms with E-state index < -0.39 is 0 Å². The molecule has 0 amide bonds. The molecule has 0 aromatic carbocycles. The van der Waals surface area contributed by atoms with Gasteiger partial charge < -0.3 is 0 Å². The molecule has 0 aliphatic heterocycles. The standard InChI is InChI=1S/C5H4BrN.Mg.2H/c6-5-2-1-3-7-4-5;;;/h1-4H;;;. The Hall–Kier alpha value is 0.396. The van der Waals surface area contributed by atoms with Crippen LogP contribution in [0.1, 0.15) is 0 Å². The lowest BCUT2D eigenvalue weighted by molar-refractivity contribution is 1.31. The monoisotopic (exact) mass is 183 g/mol. The zero-order valence-electron chi connectivity index (χ0n) is 3.63. The van der Waals surface area contributed by atoms with Gasteiger partial charge in [-0.1, -0.05) is 0 Å². The predicted molar refractivity (Wildman–Crippen MR) is 40.5 cm³/mol. The Morgan fingerprint density at radius 1 is 1.50 bits per heavy atom. The van der Waals surface area contributed by atoms with Gasteiger partial charge in [-0.05, 0) is 28.1 Å². The summed E-state index contributed by atoms with van der Waals surface area (Å²) >= 11 is 3.25. The second kappa shape index (κ2) is 4.29. The quantitative estimate of drug-likeness (QED) is 0.547. The van der Waals surface area contributed by atoms with Crippen LogP contribution in [-0.2, 0) is 0 Å². The molecule has 1 heterocycles. The van der Waals surface area contributed by atoms with Crippen molar-refractivity contribution in [1.82, 2.24) is 4.98 Å². The summed E-state index contributed by atoms with van der Waals surface area (Å²) in [6.45, 7) is 0. The molecular weight excluding hydrogens is 178 g/mol. The Morgan fingerprint density at radius 3 is 2.50 bits per heavy atom. The highest BCUT2D eigenvalue weighted by Crippen LogP contribution is 2.02. The van der Waals surface area contributed by atoms with E-state index in [4.69, 9.17) is 0 Å². The molecule has 40 valence electrons. The summed E-state index contributed by atoms with van der Waals surface area (Å²) in [4.78, 5) is 3.84. The minimum Gasteiger partial charge on any atom is -0.264 e. The maximum atomic E-state index is 3.84. The maximum Gasteiger partial charge on any atom is 0.316 e. The Morgan fingerprint density at radius 2 is 2.25 bits per heavy atom. The van der Waals surface area contributed by atoms with Gasteiger partial charge >= 0.3 is 23.1 Å². The lowest BCUT2D eigenvalue weighted by atomic mass is 10.5. The predicted octanol–water partition coefficient (Wildman–Crippen LogP) is 0.928. The van der Waals surface area contributed by atoms with Gasteiger partial charge in [0.1, 0.15) is 0 Å². The van der Waals surface area contributed by atoms with Gasteiger partial charge in [0.2, 0.25) is 0 Å². The first-order valence-electron chi connectivity index (χ1n) is 1.95. The lowest BCUT2D eigenvalue weighted by Crippen LogP contribution is -1.64. The third-order valence-electron chi connectivity index (χ3n) is 0.625. The van der Waals surface area contributed by atoms with E-state index in [9.17, 15) is 0 Å². The molecule has 1 nitrogen and oxygen atoms in total. The van der Waals surface area contributed by atoms with Crippen LogP contribution in [-0.4, -0.2) is 28.0 Å². The van der Waals surface area contributed by atoms with E-state index in [2.05, 4.69) is 20.9 Å². The summed E-state index contributed by atoms with van der Waals surface area (Å²) in [5.74, 6) is 0. The molecule has 1 aromatic rings. The summed E-state index contributed by atoms with van der Waals surface area (Å²) in [7, 11) is 0. The van der Waals surface area contributed by atoms with Crippen LogP contribution in [0.2, 0.25) is 0 Å². The van der Waals surface area contributed by atoms with Gasteiger partial charge in [-0.25, -0.2) is 0 Å². The van der Waals surface area contributed by atoms with Crippen LogP contribution in [0.15, 0.2) is 29.0 Å². The fourth-order valence-corrected chi connectivity index (χ4v) is 0.613. The molecule has 0 spiro atoms. The first-order chi connectivity index (χ1) is 3.39. The maximum absolute atomic E-state index is 3.84. The Labute approximate surface area is 72.8 Å². The number of aromatic nitrogens is 1. The summed E-state index contributed by atoms with van der Waals surface area (Å²) in [6.07, 6.45) is 3.49. The topological polar surface area (TPSA) is 12.9 Å². The summed E-state index contributed by atoms with van der Waals surface area (Å²) in [6, 6.07) is 3.82. The molecule has 0 N–H and O–H groups in total. The SMILES string of the molecule is Brc1cccnc1.[MgH2]. The highest BCUT2D eigenvalue weighted by molar-refractivity contribution is 9.10. The molecular formula is C5H6BrMgN. The van der Waals surface area contributed by atoms with E-state index in [1.807, 2.05) is 12.1 Å². The van der Waals surface area contributed by atoms with Crippen molar-refractivity contribution in [3.05, 3.63) is 29.0 Å². The lowest BCUT2D eigenvalue weighted by Gasteiger charge is -1.80. The molecule has 0 bridgehead atoms. The van der Waals surface area contributed by atoms with Crippen LogP contribution in [0.4, 0.5) is 0 Å². The van der Waals surface area contributed by atoms with Gasteiger partial charge in [-0.3, -0.25) is 4.98 Å². The fourth-order valence-electron chi connectivity index (χ4n) is 0.342. The number of nitrogens with zero attached hydrogens (tertiary/aromatic N) is 1. The first kappa shape index (κ1) is 8.40. The fraction of sp³-hybridized carbons (Fsp3) is 0. The third kappa shape index (κ3) is 2.64. The van der Waals surface area contributed by atoms with Crippen LogP contribution < -0.4 is 0 Å². The molecule has 1 rings (SSSR count). The zero-order valence-corrected chi connectivity index (χ0v) is 5.22. The van der Waals surface area contributed by atoms with Crippen LogP contribution in [0, 0.1) is 0 Å². The molecule has 0 unspecified atom stereocenters. The minimum absolute atomic E-state index is 0.